The van der Waals surface area contributed by atoms with Crippen LogP contribution in [0.5, 0.6) is 0 Å². The quantitative estimate of drug-likeness (QED) is 0.688. The maximum absolute atomic E-state index is 11.8. The van der Waals surface area contributed by atoms with E-state index in [2.05, 4.69) is 10.3 Å². The highest BCUT2D eigenvalue weighted by Crippen LogP contribution is 2.12. The molecule has 0 fully saturated rings. The molecule has 0 aliphatic carbocycles. The van der Waals surface area contributed by atoms with Crippen LogP contribution in [0, 0.1) is 0 Å². The number of nitrogens with zero attached hydrogens (tertiary/aromatic N) is 1. The number of nitrogens with one attached hydrogen (secondary N) is 2. The van der Waals surface area contributed by atoms with Gasteiger partial charge in [0.1, 0.15) is 0 Å². The number of aromatic carboxylic acids is 1. The lowest BCUT2D eigenvalue weighted by atomic mass is 10.4. The molecule has 0 radical (unpaired) electrons. The summed E-state index contributed by atoms with van der Waals surface area (Å²) in [7, 11) is 0. The van der Waals surface area contributed by atoms with E-state index in [1.165, 1.54) is 5.38 Å². The summed E-state index contributed by atoms with van der Waals surface area (Å²) in [5.41, 5.74) is -0.0665. The van der Waals surface area contributed by atoms with Gasteiger partial charge in [-0.3, -0.25) is 4.79 Å². The van der Waals surface area contributed by atoms with Crippen molar-refractivity contribution < 1.29 is 27.9 Å². The SMILES string of the molecule is O=C(CNCC(F)(F)F)NCCc1nc(C(=O)O)cs1. The van der Waals surface area contributed by atoms with Crippen molar-refractivity contribution in [2.24, 2.45) is 0 Å². The number of carbonyl (C=O) groups is 2. The number of amides is 1. The molecule has 0 saturated carbocycles. The molecule has 0 atom stereocenters. The minimum Gasteiger partial charge on any atom is -0.476 e. The first-order chi connectivity index (χ1) is 9.28. The molecule has 6 nitrogen and oxygen atoms in total. The van der Waals surface area contributed by atoms with Gasteiger partial charge in [-0.25, -0.2) is 9.78 Å². The lowest BCUT2D eigenvalue weighted by molar-refractivity contribution is -0.128. The summed E-state index contributed by atoms with van der Waals surface area (Å²) in [4.78, 5) is 25.6. The van der Waals surface area contributed by atoms with Gasteiger partial charge in [0.05, 0.1) is 18.1 Å². The molecule has 0 aromatic carbocycles. The summed E-state index contributed by atoms with van der Waals surface area (Å²) in [6, 6.07) is 0. The zero-order chi connectivity index (χ0) is 15.2. The summed E-state index contributed by atoms with van der Waals surface area (Å²) in [5.74, 6) is -1.70. The third-order valence-corrected chi connectivity index (χ3v) is 2.95. The molecule has 0 aliphatic rings. The highest BCUT2D eigenvalue weighted by Gasteiger charge is 2.26. The van der Waals surface area contributed by atoms with Crippen LogP contribution in [0.4, 0.5) is 13.2 Å². The Balaban J connectivity index is 2.19. The highest BCUT2D eigenvalue weighted by atomic mass is 32.1. The molecule has 1 aromatic rings. The molecule has 20 heavy (non-hydrogen) atoms. The second kappa shape index (κ2) is 7.20. The molecule has 1 heterocycles. The predicted octanol–water partition coefficient (Wildman–Crippen LogP) is 0.652. The Morgan fingerprint density at radius 2 is 2.10 bits per heavy atom. The molecule has 1 amide bonds. The van der Waals surface area contributed by atoms with Crippen LogP contribution in [0.3, 0.4) is 0 Å². The molecule has 1 rings (SSSR count). The van der Waals surface area contributed by atoms with E-state index in [-0.39, 0.29) is 12.2 Å². The predicted molar refractivity (Wildman–Crippen MR) is 64.7 cm³/mol. The largest absolute Gasteiger partial charge is 0.476 e. The number of halogens is 3. The number of carboxylic acid groups (broad SMARTS) is 1. The van der Waals surface area contributed by atoms with Crippen LogP contribution in [0.15, 0.2) is 5.38 Å². The van der Waals surface area contributed by atoms with Crippen LogP contribution < -0.4 is 10.6 Å². The van der Waals surface area contributed by atoms with Crippen molar-refractivity contribution in [3.05, 3.63) is 16.1 Å². The summed E-state index contributed by atoms with van der Waals surface area (Å²) in [6.07, 6.45) is -4.03. The Kier molecular flexibility index (Phi) is 5.89. The zero-order valence-corrected chi connectivity index (χ0v) is 11.0. The van der Waals surface area contributed by atoms with Crippen LogP contribution in [0.25, 0.3) is 0 Å². The Labute approximate surface area is 116 Å². The molecule has 0 aliphatic heterocycles. The van der Waals surface area contributed by atoms with Gasteiger partial charge in [-0.15, -0.1) is 11.3 Å². The van der Waals surface area contributed by atoms with E-state index >= 15 is 0 Å². The summed E-state index contributed by atoms with van der Waals surface area (Å²) < 4.78 is 35.4. The van der Waals surface area contributed by atoms with Crippen molar-refractivity contribution in [1.82, 2.24) is 15.6 Å². The normalized spacial score (nSPS) is 11.3. The fraction of sp³-hybridized carbons (Fsp3) is 0.500. The molecular weight excluding hydrogens is 299 g/mol. The first-order valence-corrected chi connectivity index (χ1v) is 6.38. The van der Waals surface area contributed by atoms with Crippen LogP contribution >= 0.6 is 11.3 Å². The molecular formula is C10H12F3N3O3S. The van der Waals surface area contributed by atoms with Gasteiger partial charge in [-0.2, -0.15) is 13.2 Å². The molecule has 10 heteroatoms. The van der Waals surface area contributed by atoms with Crippen LogP contribution in [0.1, 0.15) is 15.5 Å². The number of hydrogen-bond donors (Lipinski definition) is 3. The Morgan fingerprint density at radius 3 is 2.65 bits per heavy atom. The Bertz CT molecular complexity index is 476. The van der Waals surface area contributed by atoms with Crippen molar-refractivity contribution in [2.75, 3.05) is 19.6 Å². The monoisotopic (exact) mass is 311 g/mol. The van der Waals surface area contributed by atoms with Crippen molar-refractivity contribution in [3.8, 4) is 0 Å². The van der Waals surface area contributed by atoms with Gasteiger partial charge >= 0.3 is 12.1 Å². The van der Waals surface area contributed by atoms with Gasteiger partial charge in [0.25, 0.3) is 0 Å². The zero-order valence-electron chi connectivity index (χ0n) is 10.2. The molecule has 112 valence electrons. The van der Waals surface area contributed by atoms with E-state index in [9.17, 15) is 22.8 Å². The maximum Gasteiger partial charge on any atom is 0.401 e. The molecule has 0 spiro atoms. The number of alkyl halides is 3. The highest BCUT2D eigenvalue weighted by molar-refractivity contribution is 7.09. The fourth-order valence-electron chi connectivity index (χ4n) is 1.21. The molecule has 0 bridgehead atoms. The summed E-state index contributed by atoms with van der Waals surface area (Å²) in [6.45, 7) is -1.48. The second-order valence-corrected chi connectivity index (χ2v) is 4.69. The third-order valence-electron chi connectivity index (χ3n) is 2.04. The molecule has 1 aromatic heterocycles. The number of carbonyl (C=O) groups excluding carboxylic acids is 1. The minimum absolute atomic E-state index is 0.0665. The van der Waals surface area contributed by atoms with E-state index in [4.69, 9.17) is 5.11 Å². The molecule has 3 N–H and O–H groups in total. The fourth-order valence-corrected chi connectivity index (χ4v) is 1.99. The smallest absolute Gasteiger partial charge is 0.401 e. The number of carboxylic acids is 1. The van der Waals surface area contributed by atoms with Gasteiger partial charge < -0.3 is 15.7 Å². The molecule has 0 saturated heterocycles. The van der Waals surface area contributed by atoms with Gasteiger partial charge in [-0.05, 0) is 0 Å². The van der Waals surface area contributed by atoms with Gasteiger partial charge in [-0.1, -0.05) is 0 Å². The summed E-state index contributed by atoms with van der Waals surface area (Å²) in [5, 5.41) is 14.9. The van der Waals surface area contributed by atoms with Crippen molar-refractivity contribution in [3.63, 3.8) is 0 Å². The average Bonchev–Trinajstić information content (AvgIpc) is 2.76. The van der Waals surface area contributed by atoms with E-state index in [0.717, 1.165) is 11.3 Å². The number of hydrogen-bond acceptors (Lipinski definition) is 5. The topological polar surface area (TPSA) is 91.3 Å². The lowest BCUT2D eigenvalue weighted by Crippen LogP contribution is -2.38. The van der Waals surface area contributed by atoms with Gasteiger partial charge in [0.2, 0.25) is 5.91 Å². The first-order valence-electron chi connectivity index (χ1n) is 5.50. The van der Waals surface area contributed by atoms with E-state index in [1.807, 2.05) is 5.32 Å². The average molecular weight is 311 g/mol. The second-order valence-electron chi connectivity index (χ2n) is 3.75. The van der Waals surface area contributed by atoms with E-state index in [0.29, 0.717) is 11.4 Å². The number of aromatic nitrogens is 1. The third kappa shape index (κ3) is 6.48. The number of rotatable bonds is 7. The minimum atomic E-state index is -4.35. The Morgan fingerprint density at radius 1 is 1.40 bits per heavy atom. The summed E-state index contributed by atoms with van der Waals surface area (Å²) >= 11 is 1.14. The van der Waals surface area contributed by atoms with E-state index < -0.39 is 31.1 Å². The van der Waals surface area contributed by atoms with Crippen molar-refractivity contribution >= 4 is 23.2 Å². The van der Waals surface area contributed by atoms with Crippen LogP contribution in [-0.4, -0.2) is 47.8 Å². The van der Waals surface area contributed by atoms with Crippen LogP contribution in [-0.2, 0) is 11.2 Å². The van der Waals surface area contributed by atoms with Crippen molar-refractivity contribution in [2.45, 2.75) is 12.6 Å². The first kappa shape index (κ1) is 16.4. The van der Waals surface area contributed by atoms with Crippen molar-refractivity contribution in [1.29, 1.82) is 0 Å². The van der Waals surface area contributed by atoms with Crippen LogP contribution in [0.2, 0.25) is 0 Å². The standard InChI is InChI=1S/C10H12F3N3O3S/c11-10(12,13)5-14-3-7(17)15-2-1-8-16-6(4-20-8)9(18)19/h4,14H,1-3,5H2,(H,15,17)(H,18,19). The maximum atomic E-state index is 11.8. The van der Waals surface area contributed by atoms with Gasteiger partial charge in [0.15, 0.2) is 5.69 Å². The molecule has 0 unspecified atom stereocenters. The Hall–Kier alpha value is -1.68. The van der Waals surface area contributed by atoms with E-state index in [1.54, 1.807) is 0 Å². The number of thiazole rings is 1. The van der Waals surface area contributed by atoms with Gasteiger partial charge in [0, 0.05) is 18.3 Å². The lowest BCUT2D eigenvalue weighted by Gasteiger charge is -2.08.